The van der Waals surface area contributed by atoms with Gasteiger partial charge in [-0.3, -0.25) is 0 Å². The third-order valence-electron chi connectivity index (χ3n) is 4.23. The fourth-order valence-electron chi connectivity index (χ4n) is 3.09. The number of halogens is 1. The van der Waals surface area contributed by atoms with E-state index in [1.807, 2.05) is 11.6 Å². The highest BCUT2D eigenvalue weighted by molar-refractivity contribution is 5.90. The van der Waals surface area contributed by atoms with Crippen LogP contribution >= 0.6 is 0 Å². The van der Waals surface area contributed by atoms with Crippen LogP contribution in [-0.4, -0.2) is 37.9 Å². The Morgan fingerprint density at radius 3 is 3.04 bits per heavy atom. The maximum Gasteiger partial charge on any atom is 0.191 e. The van der Waals surface area contributed by atoms with Crippen LogP contribution in [0.5, 0.6) is 5.75 Å². The maximum absolute atomic E-state index is 14.4. The SMILES string of the molecule is COc1ccc2c(NC3CCc4nc(C)nn4C3)ncnc2c1F. The van der Waals surface area contributed by atoms with Gasteiger partial charge in [-0.05, 0) is 25.5 Å². The minimum atomic E-state index is -0.474. The van der Waals surface area contributed by atoms with Crippen LogP contribution in [0.1, 0.15) is 18.1 Å². The molecule has 7 nitrogen and oxygen atoms in total. The minimum absolute atomic E-state index is 0.155. The van der Waals surface area contributed by atoms with Crippen molar-refractivity contribution in [2.24, 2.45) is 0 Å². The van der Waals surface area contributed by atoms with Crippen LogP contribution in [0.3, 0.4) is 0 Å². The van der Waals surface area contributed by atoms with Crippen LogP contribution in [0, 0.1) is 12.7 Å². The lowest BCUT2D eigenvalue weighted by Crippen LogP contribution is -2.32. The lowest BCUT2D eigenvalue weighted by atomic mass is 10.1. The number of aromatic nitrogens is 5. The van der Waals surface area contributed by atoms with Gasteiger partial charge in [0.2, 0.25) is 0 Å². The number of hydrogen-bond acceptors (Lipinski definition) is 6. The molecule has 4 rings (SSSR count). The first-order valence-electron chi connectivity index (χ1n) is 7.80. The zero-order valence-electron chi connectivity index (χ0n) is 13.5. The van der Waals surface area contributed by atoms with E-state index in [2.05, 4.69) is 25.4 Å². The number of hydrogen-bond donors (Lipinski definition) is 1. The van der Waals surface area contributed by atoms with Gasteiger partial charge < -0.3 is 10.1 Å². The molecule has 1 aliphatic heterocycles. The first kappa shape index (κ1) is 14.8. The normalized spacial score (nSPS) is 16.9. The molecule has 0 spiro atoms. The van der Waals surface area contributed by atoms with Crippen molar-refractivity contribution in [1.82, 2.24) is 24.7 Å². The summed E-state index contributed by atoms with van der Waals surface area (Å²) in [5.41, 5.74) is 0.250. The summed E-state index contributed by atoms with van der Waals surface area (Å²) in [6.45, 7) is 2.60. The number of anilines is 1. The summed E-state index contributed by atoms with van der Waals surface area (Å²) in [7, 11) is 1.43. The van der Waals surface area contributed by atoms with E-state index >= 15 is 0 Å². The molecule has 1 N–H and O–H groups in total. The second-order valence-electron chi connectivity index (χ2n) is 5.84. The fraction of sp³-hybridized carbons (Fsp3) is 0.375. The van der Waals surface area contributed by atoms with E-state index in [0.717, 1.165) is 24.5 Å². The van der Waals surface area contributed by atoms with Crippen molar-refractivity contribution >= 4 is 16.7 Å². The van der Waals surface area contributed by atoms with Gasteiger partial charge in [-0.15, -0.1) is 0 Å². The van der Waals surface area contributed by atoms with E-state index in [9.17, 15) is 4.39 Å². The Balaban J connectivity index is 1.64. The molecule has 8 heteroatoms. The number of benzene rings is 1. The number of fused-ring (bicyclic) bond motifs is 2. The summed E-state index contributed by atoms with van der Waals surface area (Å²) in [4.78, 5) is 12.7. The Kier molecular flexibility index (Phi) is 3.51. The van der Waals surface area contributed by atoms with Crippen molar-refractivity contribution in [2.45, 2.75) is 32.4 Å². The highest BCUT2D eigenvalue weighted by Gasteiger charge is 2.22. The van der Waals surface area contributed by atoms with Gasteiger partial charge >= 0.3 is 0 Å². The summed E-state index contributed by atoms with van der Waals surface area (Å²) in [5, 5.41) is 8.43. The Hall–Kier alpha value is -2.77. The highest BCUT2D eigenvalue weighted by atomic mass is 19.1. The molecule has 0 bridgehead atoms. The van der Waals surface area contributed by atoms with Crippen molar-refractivity contribution in [2.75, 3.05) is 12.4 Å². The van der Waals surface area contributed by atoms with Crippen LogP contribution < -0.4 is 10.1 Å². The largest absolute Gasteiger partial charge is 0.494 e. The standard InChI is InChI=1S/C16H17FN6O/c1-9-20-13-6-3-10(7-23(13)22-9)21-16-11-4-5-12(24-2)14(17)15(11)18-8-19-16/h4-5,8,10H,3,6-7H2,1-2H3,(H,18,19,21). The minimum Gasteiger partial charge on any atom is -0.494 e. The second-order valence-corrected chi connectivity index (χ2v) is 5.84. The summed E-state index contributed by atoms with van der Waals surface area (Å²) in [6, 6.07) is 3.52. The first-order valence-corrected chi connectivity index (χ1v) is 7.80. The second kappa shape index (κ2) is 5.70. The van der Waals surface area contributed by atoms with Crippen LogP contribution in [0.15, 0.2) is 18.5 Å². The van der Waals surface area contributed by atoms with Gasteiger partial charge in [0.1, 0.15) is 29.3 Å². The van der Waals surface area contributed by atoms with Crippen LogP contribution in [-0.2, 0) is 13.0 Å². The smallest absolute Gasteiger partial charge is 0.191 e. The van der Waals surface area contributed by atoms with Crippen LogP contribution in [0.4, 0.5) is 10.2 Å². The molecule has 0 aliphatic carbocycles. The third kappa shape index (κ3) is 2.44. The molecule has 3 heterocycles. The van der Waals surface area contributed by atoms with Gasteiger partial charge in [0.15, 0.2) is 11.6 Å². The van der Waals surface area contributed by atoms with Crippen molar-refractivity contribution < 1.29 is 9.13 Å². The Morgan fingerprint density at radius 1 is 1.33 bits per heavy atom. The number of methoxy groups -OCH3 is 1. The van der Waals surface area contributed by atoms with Gasteiger partial charge in [-0.25, -0.2) is 24.0 Å². The molecule has 0 saturated carbocycles. The van der Waals surface area contributed by atoms with Crippen molar-refractivity contribution in [3.05, 3.63) is 35.9 Å². The van der Waals surface area contributed by atoms with E-state index in [4.69, 9.17) is 4.74 Å². The number of rotatable bonds is 3. The monoisotopic (exact) mass is 328 g/mol. The molecule has 0 fully saturated rings. The molecule has 24 heavy (non-hydrogen) atoms. The fourth-order valence-corrected chi connectivity index (χ4v) is 3.09. The summed E-state index contributed by atoms with van der Waals surface area (Å²) in [5.74, 6) is 2.11. The zero-order valence-corrected chi connectivity index (χ0v) is 13.5. The quantitative estimate of drug-likeness (QED) is 0.793. The number of aryl methyl sites for hydroxylation is 2. The van der Waals surface area contributed by atoms with Crippen molar-refractivity contribution in [1.29, 1.82) is 0 Å². The van der Waals surface area contributed by atoms with Gasteiger partial charge in [0.25, 0.3) is 0 Å². The van der Waals surface area contributed by atoms with E-state index in [0.29, 0.717) is 17.7 Å². The van der Waals surface area contributed by atoms with E-state index in [1.54, 1.807) is 12.1 Å². The molecule has 0 radical (unpaired) electrons. The summed E-state index contributed by atoms with van der Waals surface area (Å²) in [6.07, 6.45) is 3.13. The molecule has 0 saturated heterocycles. The lowest BCUT2D eigenvalue weighted by Gasteiger charge is -2.24. The Morgan fingerprint density at radius 2 is 2.21 bits per heavy atom. The Labute approximate surface area is 137 Å². The number of nitrogens with zero attached hydrogens (tertiary/aromatic N) is 5. The Bertz CT molecular complexity index is 909. The molecule has 1 aliphatic rings. The number of ether oxygens (including phenoxy) is 1. The maximum atomic E-state index is 14.4. The van der Waals surface area contributed by atoms with Gasteiger partial charge in [-0.2, -0.15) is 5.10 Å². The molecule has 1 aromatic carbocycles. The molecule has 2 aromatic heterocycles. The lowest BCUT2D eigenvalue weighted by molar-refractivity contribution is 0.388. The van der Waals surface area contributed by atoms with E-state index < -0.39 is 5.82 Å². The van der Waals surface area contributed by atoms with Crippen molar-refractivity contribution in [3.8, 4) is 5.75 Å². The van der Waals surface area contributed by atoms with Crippen LogP contribution in [0.25, 0.3) is 10.9 Å². The highest BCUT2D eigenvalue weighted by Crippen LogP contribution is 2.29. The molecular weight excluding hydrogens is 311 g/mol. The summed E-state index contributed by atoms with van der Waals surface area (Å²) < 4.78 is 21.3. The van der Waals surface area contributed by atoms with E-state index in [-0.39, 0.29) is 17.3 Å². The molecule has 124 valence electrons. The van der Waals surface area contributed by atoms with Crippen LogP contribution in [0.2, 0.25) is 0 Å². The van der Waals surface area contributed by atoms with Crippen molar-refractivity contribution in [3.63, 3.8) is 0 Å². The number of nitrogens with one attached hydrogen (secondary N) is 1. The summed E-state index contributed by atoms with van der Waals surface area (Å²) >= 11 is 0. The van der Waals surface area contributed by atoms with Gasteiger partial charge in [-0.1, -0.05) is 0 Å². The molecular formula is C16H17FN6O. The first-order chi connectivity index (χ1) is 11.7. The molecule has 1 atom stereocenters. The molecule has 1 unspecified atom stereocenters. The average Bonchev–Trinajstić information content (AvgIpc) is 2.95. The molecule has 0 amide bonds. The average molecular weight is 328 g/mol. The van der Waals surface area contributed by atoms with Gasteiger partial charge in [0, 0.05) is 17.8 Å². The molecule has 3 aromatic rings. The van der Waals surface area contributed by atoms with Gasteiger partial charge in [0.05, 0.1) is 13.7 Å². The third-order valence-corrected chi connectivity index (χ3v) is 4.23. The predicted octanol–water partition coefficient (Wildman–Crippen LogP) is 2.10. The topological polar surface area (TPSA) is 77.8 Å². The zero-order chi connectivity index (χ0) is 16.7. The van der Waals surface area contributed by atoms with E-state index in [1.165, 1.54) is 13.4 Å². The predicted molar refractivity (Wildman–Crippen MR) is 86.5 cm³/mol.